The number of hydrogen-bond donors (Lipinski definition) is 7. The summed E-state index contributed by atoms with van der Waals surface area (Å²) in [5.74, 6) is -3.40. The topological polar surface area (TPSA) is 241 Å². The Hall–Kier alpha value is -7.87. The molecular formula is C75H100BN7O11. The number of nitrogens with one attached hydrogen (secondary N) is 7. The Labute approximate surface area is 556 Å². The number of rotatable bonds is 32. The van der Waals surface area contributed by atoms with Crippen LogP contribution >= 0.6 is 0 Å². The maximum atomic E-state index is 15.4. The Morgan fingerprint density at radius 1 is 0.543 bits per heavy atom. The summed E-state index contributed by atoms with van der Waals surface area (Å²) in [7, 11) is -0.786. The van der Waals surface area contributed by atoms with Crippen LogP contribution in [-0.2, 0) is 65.9 Å². The second-order valence-corrected chi connectivity index (χ2v) is 28.4. The van der Waals surface area contributed by atoms with Gasteiger partial charge < -0.3 is 56.0 Å². The predicted octanol–water partition coefficient (Wildman–Crippen LogP) is 10.1. The second-order valence-electron chi connectivity index (χ2n) is 28.4. The van der Waals surface area contributed by atoms with E-state index in [0.717, 1.165) is 40.7 Å². The van der Waals surface area contributed by atoms with Gasteiger partial charge in [0.25, 0.3) is 0 Å². The van der Waals surface area contributed by atoms with Gasteiger partial charge in [-0.2, -0.15) is 0 Å². The number of benzene rings is 5. The van der Waals surface area contributed by atoms with Crippen LogP contribution < -0.4 is 37.2 Å². The molecule has 0 unspecified atom stereocenters. The molecular weight excluding hydrogens is 1190 g/mol. The minimum absolute atomic E-state index is 0.0781. The van der Waals surface area contributed by atoms with E-state index in [1.165, 1.54) is 0 Å². The molecule has 504 valence electrons. The fourth-order valence-electron chi connectivity index (χ4n) is 13.5. The maximum Gasteiger partial charge on any atom is 0.482 e. The number of amides is 7. The van der Waals surface area contributed by atoms with Crippen molar-refractivity contribution in [2.45, 2.75) is 211 Å². The number of carbonyl (C=O) groups excluding carboxylic acids is 7. The smallest absolute Gasteiger partial charge is 0.444 e. The summed E-state index contributed by atoms with van der Waals surface area (Å²) in [6.07, 6.45) is 4.41. The molecule has 1 heterocycles. The van der Waals surface area contributed by atoms with E-state index in [2.05, 4.69) is 58.0 Å². The first-order chi connectivity index (χ1) is 44.8. The molecule has 0 radical (unpaired) electrons. The lowest BCUT2D eigenvalue weighted by atomic mass is 9.43. The Morgan fingerprint density at radius 2 is 1.04 bits per heavy atom. The van der Waals surface area contributed by atoms with E-state index in [9.17, 15) is 14.4 Å². The van der Waals surface area contributed by atoms with Gasteiger partial charge in [-0.25, -0.2) is 4.79 Å². The SMILES string of the molecule is CCCC[C@H](NC(=O)[C@H](CCC(=O)NC(c1ccccc1)(c1ccccc1)c1ccccc1)NC(=O)[C@H](COC(C)(C)C)NC(=O)[C@H](Cc1ccccc1)NC(=O)CCCCCNC(=O)OC(C)(C)C)C(=O)N[C@H](Cc1ccccc1)B1O[C@@H]2C[C@H]3C[C@H](C3(C)C)[C@]2(C)O1. The molecule has 2 bridgehead atoms. The molecule has 7 N–H and O–H groups in total. The highest BCUT2D eigenvalue weighted by molar-refractivity contribution is 6.48. The average molecular weight is 1290 g/mol. The fraction of sp³-hybridized carbons (Fsp3) is 0.507. The molecule has 0 aromatic heterocycles. The number of alkyl carbamates (subject to hydrolysis) is 1. The maximum absolute atomic E-state index is 15.4. The van der Waals surface area contributed by atoms with Crippen LogP contribution in [0.15, 0.2) is 152 Å². The van der Waals surface area contributed by atoms with Crippen molar-refractivity contribution in [2.24, 2.45) is 17.3 Å². The molecule has 5 aromatic rings. The molecule has 5 aromatic carbocycles. The molecule has 4 aliphatic rings. The van der Waals surface area contributed by atoms with E-state index in [-0.39, 0.29) is 56.1 Å². The zero-order valence-corrected chi connectivity index (χ0v) is 56.7. The normalized spacial score (nSPS) is 19.7. The third-order valence-corrected chi connectivity index (χ3v) is 18.6. The lowest BCUT2D eigenvalue weighted by Crippen LogP contribution is -2.65. The van der Waals surface area contributed by atoms with Gasteiger partial charge >= 0.3 is 13.2 Å². The van der Waals surface area contributed by atoms with Gasteiger partial charge in [0.15, 0.2) is 0 Å². The summed E-state index contributed by atoms with van der Waals surface area (Å²) < 4.78 is 25.3. The zero-order chi connectivity index (χ0) is 67.7. The van der Waals surface area contributed by atoms with E-state index in [1.807, 2.05) is 159 Å². The van der Waals surface area contributed by atoms with Crippen LogP contribution in [0.5, 0.6) is 0 Å². The van der Waals surface area contributed by atoms with Gasteiger partial charge in [-0.05, 0) is 138 Å². The van der Waals surface area contributed by atoms with Gasteiger partial charge in [0.1, 0.15) is 35.3 Å². The molecule has 0 spiro atoms. The molecule has 9 atom stereocenters. The second kappa shape index (κ2) is 32.5. The summed E-state index contributed by atoms with van der Waals surface area (Å²) in [5.41, 5.74) is 0.932. The van der Waals surface area contributed by atoms with E-state index in [1.54, 1.807) is 41.5 Å². The minimum atomic E-state index is -1.46. The van der Waals surface area contributed by atoms with Crippen molar-refractivity contribution in [1.29, 1.82) is 0 Å². The van der Waals surface area contributed by atoms with Gasteiger partial charge in [-0.3, -0.25) is 28.8 Å². The first kappa shape index (κ1) is 72.0. The molecule has 7 amide bonds. The highest BCUT2D eigenvalue weighted by Gasteiger charge is 2.68. The quantitative estimate of drug-likeness (QED) is 0.0121. The molecule has 1 saturated heterocycles. The summed E-state index contributed by atoms with van der Waals surface area (Å²) in [6.45, 7) is 19.5. The van der Waals surface area contributed by atoms with Gasteiger partial charge in [-0.15, -0.1) is 0 Å². The van der Waals surface area contributed by atoms with E-state index >= 15 is 19.2 Å². The van der Waals surface area contributed by atoms with E-state index in [0.29, 0.717) is 51.0 Å². The first-order valence-corrected chi connectivity index (χ1v) is 33.8. The van der Waals surface area contributed by atoms with Crippen LogP contribution in [0.1, 0.15) is 168 Å². The summed E-state index contributed by atoms with van der Waals surface area (Å²) >= 11 is 0. The Balaban J connectivity index is 1.06. The van der Waals surface area contributed by atoms with Gasteiger partial charge in [0, 0.05) is 25.8 Å². The molecule has 3 aliphatic carbocycles. The number of hydrogen-bond acceptors (Lipinski definition) is 11. The highest BCUT2D eigenvalue weighted by atomic mass is 16.7. The summed E-state index contributed by atoms with van der Waals surface area (Å²) in [5, 5.41) is 21.1. The van der Waals surface area contributed by atoms with Crippen LogP contribution in [0, 0.1) is 17.3 Å². The number of ether oxygens (including phenoxy) is 2. The van der Waals surface area contributed by atoms with Crippen LogP contribution in [-0.4, -0.2) is 115 Å². The zero-order valence-electron chi connectivity index (χ0n) is 56.7. The van der Waals surface area contributed by atoms with Crippen molar-refractivity contribution in [3.05, 3.63) is 179 Å². The van der Waals surface area contributed by atoms with Crippen molar-refractivity contribution < 1.29 is 52.3 Å². The van der Waals surface area contributed by atoms with Crippen LogP contribution in [0.2, 0.25) is 0 Å². The van der Waals surface area contributed by atoms with Gasteiger partial charge in [0.05, 0.1) is 29.9 Å². The van der Waals surface area contributed by atoms with Crippen molar-refractivity contribution in [3.63, 3.8) is 0 Å². The van der Waals surface area contributed by atoms with Crippen molar-refractivity contribution in [2.75, 3.05) is 13.2 Å². The van der Waals surface area contributed by atoms with Crippen LogP contribution in [0.4, 0.5) is 4.79 Å². The molecule has 4 fully saturated rings. The fourth-order valence-corrected chi connectivity index (χ4v) is 13.5. The lowest BCUT2D eigenvalue weighted by Gasteiger charge is -2.64. The third-order valence-electron chi connectivity index (χ3n) is 18.6. The standard InChI is InChI=1S/C75H100BN7O11/c1-11-12-41-57(67(87)82-63(47-52-33-21-14-22-34-52)76-93-62-49-56-48-61(73(56,8)9)74(62,10)94-76)79-66(86)58(43-44-65(85)83-75(53-35-23-15-24-36-53,54-37-25-16-26-38-54)55-39-27-17-28-40-55)80-69(89)60(50-91-71(2,3)4)81-68(88)59(46-51-31-19-13-20-32-51)78-64(84)42-29-18-30-45-77-70(90)92-72(5,6)7/h13-17,19-28,31-40,56-63H,11-12,18,29-30,41-50H2,1-10H3,(H,77,90)(H,78,84)(H,79,86)(H,80,89)(H,81,88)(H,82,87)(H,83,85)/t56-,57+,58+,59+,60+,61-,62-,63-,74+/m1/s1. The first-order valence-electron chi connectivity index (χ1n) is 33.8. The Kier molecular flexibility index (Phi) is 24.9. The average Bonchev–Trinajstić information content (AvgIpc) is 1.41. The molecule has 9 rings (SSSR count). The largest absolute Gasteiger partial charge is 0.482 e. The Morgan fingerprint density at radius 3 is 1.57 bits per heavy atom. The van der Waals surface area contributed by atoms with Crippen molar-refractivity contribution >= 4 is 48.7 Å². The van der Waals surface area contributed by atoms with E-state index in [4.69, 9.17) is 18.8 Å². The lowest BCUT2D eigenvalue weighted by molar-refractivity contribution is -0.199. The number of unbranched alkanes of at least 4 members (excludes halogenated alkanes) is 3. The third kappa shape index (κ3) is 19.4. The molecule has 18 nitrogen and oxygen atoms in total. The Bertz CT molecular complexity index is 3200. The summed E-state index contributed by atoms with van der Waals surface area (Å²) in [6, 6.07) is 42.7. The monoisotopic (exact) mass is 1290 g/mol. The van der Waals surface area contributed by atoms with Crippen LogP contribution in [0.3, 0.4) is 0 Å². The van der Waals surface area contributed by atoms with Crippen molar-refractivity contribution in [1.82, 2.24) is 37.2 Å². The minimum Gasteiger partial charge on any atom is -0.444 e. The summed E-state index contributed by atoms with van der Waals surface area (Å²) in [4.78, 5) is 101. The van der Waals surface area contributed by atoms with Gasteiger partial charge in [0.2, 0.25) is 35.4 Å². The molecule has 94 heavy (non-hydrogen) atoms. The predicted molar refractivity (Wildman–Crippen MR) is 365 cm³/mol. The van der Waals surface area contributed by atoms with Gasteiger partial charge in [-0.1, -0.05) is 192 Å². The molecule has 3 saturated carbocycles. The molecule has 1 aliphatic heterocycles. The highest BCUT2D eigenvalue weighted by Crippen LogP contribution is 2.65. The molecule has 19 heteroatoms. The van der Waals surface area contributed by atoms with Crippen molar-refractivity contribution in [3.8, 4) is 0 Å². The van der Waals surface area contributed by atoms with E-state index < -0.39 is 101 Å². The number of carbonyl (C=O) groups is 7. The van der Waals surface area contributed by atoms with Crippen LogP contribution in [0.25, 0.3) is 0 Å².